The van der Waals surface area contributed by atoms with E-state index in [9.17, 15) is 18.0 Å². The zero-order chi connectivity index (χ0) is 31.5. The van der Waals surface area contributed by atoms with E-state index in [1.54, 1.807) is 60.7 Å². The summed E-state index contributed by atoms with van der Waals surface area (Å²) in [7, 11) is -3.81. The van der Waals surface area contributed by atoms with E-state index in [1.165, 1.54) is 13.1 Å². The number of carbonyl (C=O) groups excluding carboxylic acids is 2. The van der Waals surface area contributed by atoms with Crippen LogP contribution in [0.5, 0.6) is 17.2 Å². The second kappa shape index (κ2) is 14.8. The summed E-state index contributed by atoms with van der Waals surface area (Å²) >= 11 is 0. The van der Waals surface area contributed by atoms with Gasteiger partial charge in [0.05, 0.1) is 24.2 Å². The molecule has 228 valence electrons. The molecule has 11 heteroatoms. The van der Waals surface area contributed by atoms with E-state index in [2.05, 4.69) is 15.8 Å². The third-order valence-electron chi connectivity index (χ3n) is 6.47. The summed E-state index contributed by atoms with van der Waals surface area (Å²) < 4.78 is 37.6. The number of nitrogens with zero attached hydrogens (tertiary/aromatic N) is 2. The number of para-hydroxylation sites is 1. The van der Waals surface area contributed by atoms with Crippen LogP contribution in [0.1, 0.15) is 31.0 Å². The summed E-state index contributed by atoms with van der Waals surface area (Å²) in [5.74, 6) is 0.791. The summed E-state index contributed by atoms with van der Waals surface area (Å²) in [5, 5.41) is 6.87. The zero-order valence-corrected chi connectivity index (χ0v) is 25.4. The SMILES string of the molecule is C[C@H](NC(=O)COc1ccc(/C=N\NC(=O)[C@@H](C)N(c2ccc(Oc3ccccc3)cc2)S(C)(=O)=O)cc1)c1ccccc1. The van der Waals surface area contributed by atoms with Crippen molar-refractivity contribution in [2.75, 3.05) is 17.2 Å². The quantitative estimate of drug-likeness (QED) is 0.161. The monoisotopic (exact) mass is 614 g/mol. The van der Waals surface area contributed by atoms with Gasteiger partial charge in [0, 0.05) is 0 Å². The van der Waals surface area contributed by atoms with Gasteiger partial charge in [0.1, 0.15) is 23.3 Å². The molecule has 44 heavy (non-hydrogen) atoms. The molecule has 0 bridgehead atoms. The van der Waals surface area contributed by atoms with Gasteiger partial charge in [0.15, 0.2) is 6.61 Å². The number of hydrogen-bond donors (Lipinski definition) is 2. The minimum absolute atomic E-state index is 0.141. The van der Waals surface area contributed by atoms with Gasteiger partial charge in [0.25, 0.3) is 11.8 Å². The van der Waals surface area contributed by atoms with Gasteiger partial charge in [-0.2, -0.15) is 5.10 Å². The first kappa shape index (κ1) is 31.8. The number of nitrogens with one attached hydrogen (secondary N) is 2. The van der Waals surface area contributed by atoms with Crippen LogP contribution >= 0.6 is 0 Å². The molecule has 2 N–H and O–H groups in total. The Morgan fingerprint density at radius 3 is 2.00 bits per heavy atom. The fourth-order valence-corrected chi connectivity index (χ4v) is 5.44. The summed E-state index contributed by atoms with van der Waals surface area (Å²) in [6.45, 7) is 3.24. The standard InChI is InChI=1S/C33H34N4O6S/c1-24(27-10-6-4-7-11-27)35-32(38)23-42-29-18-14-26(15-19-29)22-34-36-33(39)25(2)37(44(3,40)41)28-16-20-31(21-17-28)43-30-12-8-5-9-13-30/h4-22,24-25H,23H2,1-3H3,(H,35,38)(H,36,39)/b34-22-/t24-,25+/m0/s1. The highest BCUT2D eigenvalue weighted by molar-refractivity contribution is 7.92. The van der Waals surface area contributed by atoms with Crippen molar-refractivity contribution in [2.24, 2.45) is 5.10 Å². The zero-order valence-electron chi connectivity index (χ0n) is 24.6. The van der Waals surface area contributed by atoms with Gasteiger partial charge in [-0.25, -0.2) is 13.8 Å². The topological polar surface area (TPSA) is 126 Å². The predicted molar refractivity (Wildman–Crippen MR) is 170 cm³/mol. The van der Waals surface area contributed by atoms with Crippen LogP contribution in [0.4, 0.5) is 5.69 Å². The van der Waals surface area contributed by atoms with Crippen LogP contribution in [0.25, 0.3) is 0 Å². The Morgan fingerprint density at radius 1 is 0.818 bits per heavy atom. The lowest BCUT2D eigenvalue weighted by Crippen LogP contribution is -2.46. The summed E-state index contributed by atoms with van der Waals surface area (Å²) in [5.41, 5.74) is 4.36. The van der Waals surface area contributed by atoms with Crippen molar-refractivity contribution in [3.63, 3.8) is 0 Å². The first-order valence-corrected chi connectivity index (χ1v) is 15.7. The molecule has 0 radical (unpaired) electrons. The van der Waals surface area contributed by atoms with Gasteiger partial charge in [-0.15, -0.1) is 0 Å². The molecule has 0 aliphatic heterocycles. The largest absolute Gasteiger partial charge is 0.484 e. The minimum atomic E-state index is -3.81. The van der Waals surface area contributed by atoms with Crippen LogP contribution in [0.3, 0.4) is 0 Å². The van der Waals surface area contributed by atoms with E-state index in [1.807, 2.05) is 55.5 Å². The summed E-state index contributed by atoms with van der Waals surface area (Å²) in [6, 6.07) is 30.8. The lowest BCUT2D eigenvalue weighted by Gasteiger charge is -2.27. The van der Waals surface area contributed by atoms with E-state index >= 15 is 0 Å². The van der Waals surface area contributed by atoms with Crippen LogP contribution in [0.15, 0.2) is 114 Å². The molecule has 2 atom stereocenters. The molecule has 0 saturated heterocycles. The van der Waals surface area contributed by atoms with Crippen LogP contribution in [0, 0.1) is 0 Å². The van der Waals surface area contributed by atoms with Crippen molar-refractivity contribution in [1.82, 2.24) is 10.7 Å². The smallest absolute Gasteiger partial charge is 0.263 e. The molecular weight excluding hydrogens is 580 g/mol. The fraction of sp³-hybridized carbons (Fsp3) is 0.182. The molecule has 0 heterocycles. The normalized spacial score (nSPS) is 12.6. The van der Waals surface area contributed by atoms with Gasteiger partial charge in [-0.3, -0.25) is 13.9 Å². The minimum Gasteiger partial charge on any atom is -0.484 e. The number of hydrogen-bond acceptors (Lipinski definition) is 7. The molecule has 0 aliphatic rings. The molecular formula is C33H34N4O6S. The van der Waals surface area contributed by atoms with E-state index in [0.717, 1.165) is 16.1 Å². The number of hydrazone groups is 1. The number of carbonyl (C=O) groups is 2. The Kier molecular flexibility index (Phi) is 10.7. The first-order chi connectivity index (χ1) is 21.1. The Morgan fingerprint density at radius 2 is 1.39 bits per heavy atom. The Balaban J connectivity index is 1.29. The van der Waals surface area contributed by atoms with Crippen molar-refractivity contribution >= 4 is 33.7 Å². The highest BCUT2D eigenvalue weighted by atomic mass is 32.2. The maximum atomic E-state index is 12.9. The van der Waals surface area contributed by atoms with Gasteiger partial charge in [-0.05, 0) is 85.6 Å². The number of amides is 2. The van der Waals surface area contributed by atoms with Crippen molar-refractivity contribution in [1.29, 1.82) is 0 Å². The Bertz CT molecular complexity index is 1660. The number of benzene rings is 4. The Hall–Kier alpha value is -5.16. The van der Waals surface area contributed by atoms with Crippen LogP contribution < -0.4 is 24.5 Å². The molecule has 0 fully saturated rings. The van der Waals surface area contributed by atoms with Crippen molar-refractivity contribution < 1.29 is 27.5 Å². The maximum Gasteiger partial charge on any atom is 0.263 e. The van der Waals surface area contributed by atoms with Crippen molar-refractivity contribution in [3.05, 3.63) is 120 Å². The van der Waals surface area contributed by atoms with Gasteiger partial charge in [-0.1, -0.05) is 48.5 Å². The Labute approximate surface area is 257 Å². The van der Waals surface area contributed by atoms with E-state index in [0.29, 0.717) is 28.5 Å². The average molecular weight is 615 g/mol. The van der Waals surface area contributed by atoms with Gasteiger partial charge >= 0.3 is 0 Å². The number of rotatable bonds is 13. The highest BCUT2D eigenvalue weighted by Gasteiger charge is 2.29. The lowest BCUT2D eigenvalue weighted by molar-refractivity contribution is -0.124. The maximum absolute atomic E-state index is 12.9. The van der Waals surface area contributed by atoms with Crippen molar-refractivity contribution in [3.8, 4) is 17.2 Å². The molecule has 0 saturated carbocycles. The predicted octanol–water partition coefficient (Wildman–Crippen LogP) is 5.04. The third kappa shape index (κ3) is 9.17. The average Bonchev–Trinajstić information content (AvgIpc) is 3.02. The second-order valence-electron chi connectivity index (χ2n) is 9.94. The molecule has 4 aromatic carbocycles. The number of anilines is 1. The molecule has 10 nitrogen and oxygen atoms in total. The lowest BCUT2D eigenvalue weighted by atomic mass is 10.1. The molecule has 4 aromatic rings. The summed E-state index contributed by atoms with van der Waals surface area (Å²) in [4.78, 5) is 25.1. The van der Waals surface area contributed by atoms with E-state index < -0.39 is 22.0 Å². The van der Waals surface area contributed by atoms with Crippen molar-refractivity contribution in [2.45, 2.75) is 25.9 Å². The van der Waals surface area contributed by atoms with Crippen LogP contribution in [0.2, 0.25) is 0 Å². The van der Waals surface area contributed by atoms with Gasteiger partial charge < -0.3 is 14.8 Å². The number of sulfonamides is 1. The first-order valence-electron chi connectivity index (χ1n) is 13.8. The molecule has 0 spiro atoms. The molecule has 2 amide bonds. The highest BCUT2D eigenvalue weighted by Crippen LogP contribution is 2.27. The molecule has 0 aliphatic carbocycles. The van der Waals surface area contributed by atoms with Crippen LogP contribution in [-0.4, -0.2) is 45.4 Å². The fourth-order valence-electron chi connectivity index (χ4n) is 4.27. The molecule has 0 aromatic heterocycles. The van der Waals surface area contributed by atoms with E-state index in [4.69, 9.17) is 9.47 Å². The van der Waals surface area contributed by atoms with E-state index in [-0.39, 0.29) is 18.6 Å². The summed E-state index contributed by atoms with van der Waals surface area (Å²) in [6.07, 6.45) is 2.45. The van der Waals surface area contributed by atoms with Gasteiger partial charge in [0.2, 0.25) is 10.0 Å². The molecule has 0 unspecified atom stereocenters. The third-order valence-corrected chi connectivity index (χ3v) is 7.72. The second-order valence-corrected chi connectivity index (χ2v) is 11.8. The number of ether oxygens (including phenoxy) is 2. The van der Waals surface area contributed by atoms with Crippen LogP contribution in [-0.2, 0) is 19.6 Å². The molecule has 4 rings (SSSR count).